The minimum atomic E-state index is -0.337. The smallest absolute Gasteiger partial charge is 0.239 e. The Balaban J connectivity index is 0.000000735. The molecule has 30 heavy (non-hydrogen) atoms. The quantitative estimate of drug-likeness (QED) is 0.646. The first-order valence-electron chi connectivity index (χ1n) is 12.8. The molecule has 0 spiro atoms. The summed E-state index contributed by atoms with van der Waals surface area (Å²) in [6, 6.07) is 0.0854. The van der Waals surface area contributed by atoms with Crippen molar-refractivity contribution in [2.75, 3.05) is 20.1 Å². The second kappa shape index (κ2) is 13.3. The molecule has 3 fully saturated rings. The monoisotopic (exact) mass is 421 g/mol. The second-order valence-corrected chi connectivity index (χ2v) is 9.82. The summed E-state index contributed by atoms with van der Waals surface area (Å²) in [6.45, 7) is 6.27. The molecule has 1 aliphatic heterocycles. The van der Waals surface area contributed by atoms with Gasteiger partial charge in [0.05, 0.1) is 6.04 Å². The number of hydrogen-bond donors (Lipinski definition) is 1. The van der Waals surface area contributed by atoms with Crippen molar-refractivity contribution in [3.05, 3.63) is 0 Å². The van der Waals surface area contributed by atoms with Crippen LogP contribution in [0.5, 0.6) is 0 Å². The maximum atomic E-state index is 12.6. The van der Waals surface area contributed by atoms with Gasteiger partial charge < -0.3 is 15.5 Å². The molecule has 2 saturated carbocycles. The molecule has 1 atom stereocenters. The molecule has 2 N–H and O–H groups in total. The lowest BCUT2D eigenvalue weighted by molar-refractivity contribution is -0.136. The fourth-order valence-corrected chi connectivity index (χ4v) is 4.86. The van der Waals surface area contributed by atoms with E-state index in [1.54, 1.807) is 0 Å². The predicted molar refractivity (Wildman–Crippen MR) is 124 cm³/mol. The van der Waals surface area contributed by atoms with Crippen molar-refractivity contribution in [2.45, 2.75) is 116 Å². The van der Waals surface area contributed by atoms with E-state index in [1.165, 1.54) is 25.7 Å². The lowest BCUT2D eigenvalue weighted by Crippen LogP contribution is -2.52. The van der Waals surface area contributed by atoms with Gasteiger partial charge >= 0.3 is 0 Å². The molecule has 0 unspecified atom stereocenters. The Labute approximate surface area is 185 Å². The van der Waals surface area contributed by atoms with Crippen LogP contribution in [0.1, 0.15) is 104 Å². The number of nitrogens with two attached hydrogens (primary N) is 1. The van der Waals surface area contributed by atoms with Crippen LogP contribution in [0.25, 0.3) is 0 Å². The average Bonchev–Trinajstić information content (AvgIpc) is 2.76. The fourth-order valence-electron chi connectivity index (χ4n) is 4.86. The maximum Gasteiger partial charge on any atom is 0.239 e. The van der Waals surface area contributed by atoms with Crippen LogP contribution in [0, 0.1) is 11.8 Å². The van der Waals surface area contributed by atoms with E-state index in [0.717, 1.165) is 70.9 Å². The number of amides is 2. The summed E-state index contributed by atoms with van der Waals surface area (Å²) >= 11 is 0. The molecule has 3 aliphatic rings. The Bertz CT molecular complexity index is 505. The Morgan fingerprint density at radius 3 is 2.03 bits per heavy atom. The van der Waals surface area contributed by atoms with Gasteiger partial charge in [-0.1, -0.05) is 39.5 Å². The summed E-state index contributed by atoms with van der Waals surface area (Å²) in [5.74, 6) is 1.44. The first kappa shape index (κ1) is 25.2. The first-order valence-corrected chi connectivity index (χ1v) is 12.8. The molecule has 174 valence electrons. The number of rotatable bonds is 7. The van der Waals surface area contributed by atoms with Crippen molar-refractivity contribution in [3.8, 4) is 0 Å². The van der Waals surface area contributed by atoms with Crippen molar-refractivity contribution in [3.63, 3.8) is 0 Å². The van der Waals surface area contributed by atoms with E-state index in [-0.39, 0.29) is 11.9 Å². The van der Waals surface area contributed by atoms with Gasteiger partial charge in [-0.3, -0.25) is 9.59 Å². The maximum absolute atomic E-state index is 12.6. The van der Waals surface area contributed by atoms with E-state index in [2.05, 4.69) is 18.7 Å². The molecule has 0 aromatic heterocycles. The lowest BCUT2D eigenvalue weighted by Gasteiger charge is -2.39. The third kappa shape index (κ3) is 7.55. The largest absolute Gasteiger partial charge is 0.343 e. The molecule has 0 bridgehead atoms. The van der Waals surface area contributed by atoms with Gasteiger partial charge in [-0.05, 0) is 69.6 Å². The van der Waals surface area contributed by atoms with Gasteiger partial charge in [0.25, 0.3) is 0 Å². The summed E-state index contributed by atoms with van der Waals surface area (Å²) in [5.41, 5.74) is 6.32. The number of hydrogen-bond acceptors (Lipinski definition) is 3. The molecule has 2 amide bonds. The highest BCUT2D eigenvalue weighted by atomic mass is 16.2. The lowest BCUT2D eigenvalue weighted by atomic mass is 9.76. The number of likely N-dealkylation sites (tertiary alicyclic amines) is 1. The van der Waals surface area contributed by atoms with Gasteiger partial charge in [0.1, 0.15) is 0 Å². The number of carbonyl (C=O) groups excluding carboxylic acids is 2. The van der Waals surface area contributed by atoms with Crippen LogP contribution in [-0.4, -0.2) is 53.8 Å². The molecule has 5 nitrogen and oxygen atoms in total. The van der Waals surface area contributed by atoms with Gasteiger partial charge in [0.2, 0.25) is 11.8 Å². The molecule has 2 aliphatic carbocycles. The van der Waals surface area contributed by atoms with E-state index in [0.29, 0.717) is 30.2 Å². The van der Waals surface area contributed by atoms with Crippen LogP contribution in [0.3, 0.4) is 0 Å². The highest BCUT2D eigenvalue weighted by Gasteiger charge is 2.34. The van der Waals surface area contributed by atoms with Gasteiger partial charge in [0.15, 0.2) is 0 Å². The zero-order valence-electron chi connectivity index (χ0n) is 19.9. The molecule has 0 radical (unpaired) electrons. The Morgan fingerprint density at radius 1 is 0.933 bits per heavy atom. The Hall–Kier alpha value is -1.10. The zero-order valence-corrected chi connectivity index (χ0v) is 19.9. The van der Waals surface area contributed by atoms with Crippen LogP contribution in [0.2, 0.25) is 0 Å². The van der Waals surface area contributed by atoms with Crippen molar-refractivity contribution in [2.24, 2.45) is 17.6 Å². The molecule has 0 aromatic rings. The first-order chi connectivity index (χ1) is 14.5. The van der Waals surface area contributed by atoms with E-state index in [1.807, 2.05) is 11.9 Å². The van der Waals surface area contributed by atoms with Gasteiger partial charge in [-0.15, -0.1) is 0 Å². The Morgan fingerprint density at radius 2 is 1.53 bits per heavy atom. The van der Waals surface area contributed by atoms with E-state index in [9.17, 15) is 9.59 Å². The summed E-state index contributed by atoms with van der Waals surface area (Å²) in [4.78, 5) is 28.9. The van der Waals surface area contributed by atoms with Crippen LogP contribution < -0.4 is 5.73 Å². The van der Waals surface area contributed by atoms with Crippen molar-refractivity contribution in [1.82, 2.24) is 9.80 Å². The number of likely N-dealkylation sites (N-methyl/N-ethyl adjacent to an activating group) is 1. The normalized spacial score (nSPS) is 25.5. The SMILES string of the molecule is CCCC.CN(C(=O)[C@@H](N)C1CCC(CCC(=O)N2CCCCC2)CC1)C1CCC1. The predicted octanol–water partition coefficient (Wildman–Crippen LogP) is 4.73. The summed E-state index contributed by atoms with van der Waals surface area (Å²) in [7, 11) is 1.92. The van der Waals surface area contributed by atoms with Crippen molar-refractivity contribution >= 4 is 11.8 Å². The fraction of sp³-hybridized carbons (Fsp3) is 0.920. The number of piperidine rings is 1. The van der Waals surface area contributed by atoms with E-state index >= 15 is 0 Å². The van der Waals surface area contributed by atoms with Crippen LogP contribution in [0.4, 0.5) is 0 Å². The van der Waals surface area contributed by atoms with Gasteiger partial charge in [-0.25, -0.2) is 0 Å². The van der Waals surface area contributed by atoms with Crippen LogP contribution in [-0.2, 0) is 9.59 Å². The standard InChI is InChI=1S/C21H37N3O2.C4H10/c1-23(18-6-5-7-18)21(26)20(22)17-11-8-16(9-12-17)10-13-19(25)24-14-3-2-4-15-24;1-3-4-2/h16-18,20H,2-15,22H2,1H3;3-4H2,1-2H3/t16?,17?,20-;/m0./s1. The average molecular weight is 422 g/mol. The topological polar surface area (TPSA) is 66.6 Å². The van der Waals surface area contributed by atoms with Gasteiger partial charge in [-0.2, -0.15) is 0 Å². The molecular formula is C25H47N3O2. The van der Waals surface area contributed by atoms with Crippen molar-refractivity contribution < 1.29 is 9.59 Å². The molecule has 5 heteroatoms. The molecule has 1 heterocycles. The molecule has 1 saturated heterocycles. The summed E-state index contributed by atoms with van der Waals surface area (Å²) < 4.78 is 0. The minimum absolute atomic E-state index is 0.137. The number of carbonyl (C=O) groups is 2. The minimum Gasteiger partial charge on any atom is -0.343 e. The Kier molecular flexibility index (Phi) is 11.2. The number of unbranched alkanes of at least 4 members (excludes halogenated alkanes) is 1. The molecular weight excluding hydrogens is 374 g/mol. The number of nitrogens with zero attached hydrogens (tertiary/aromatic N) is 2. The van der Waals surface area contributed by atoms with E-state index in [4.69, 9.17) is 5.73 Å². The summed E-state index contributed by atoms with van der Waals surface area (Å²) in [6.07, 6.45) is 15.7. The third-order valence-corrected chi connectivity index (χ3v) is 7.63. The van der Waals surface area contributed by atoms with Crippen LogP contribution >= 0.6 is 0 Å². The van der Waals surface area contributed by atoms with Gasteiger partial charge in [0, 0.05) is 32.6 Å². The van der Waals surface area contributed by atoms with Crippen LogP contribution in [0.15, 0.2) is 0 Å². The summed E-state index contributed by atoms with van der Waals surface area (Å²) in [5, 5.41) is 0. The van der Waals surface area contributed by atoms with Crippen molar-refractivity contribution in [1.29, 1.82) is 0 Å². The highest BCUT2D eigenvalue weighted by Crippen LogP contribution is 2.34. The molecule has 3 rings (SSSR count). The second-order valence-electron chi connectivity index (χ2n) is 9.82. The third-order valence-electron chi connectivity index (χ3n) is 7.63. The van der Waals surface area contributed by atoms with E-state index < -0.39 is 0 Å². The highest BCUT2D eigenvalue weighted by molar-refractivity contribution is 5.82. The zero-order chi connectivity index (χ0) is 21.9. The molecule has 0 aromatic carbocycles.